The second kappa shape index (κ2) is 4.17. The Labute approximate surface area is 83.1 Å². The summed E-state index contributed by atoms with van der Waals surface area (Å²) in [6.07, 6.45) is -1.73. The Balaban J connectivity index is 3.30. The third kappa shape index (κ3) is 2.07. The maximum absolute atomic E-state index is 12.3. The molecule has 72 valence electrons. The summed E-state index contributed by atoms with van der Waals surface area (Å²) >= 11 is 11.1. The Hall–Kier alpha value is -0.450. The molecule has 0 spiro atoms. The number of pyridine rings is 1. The van der Waals surface area contributed by atoms with Crippen LogP contribution in [0.25, 0.3) is 0 Å². The lowest BCUT2D eigenvalue weighted by atomic mass is 10.2. The van der Waals surface area contributed by atoms with Gasteiger partial charge in [-0.05, 0) is 0 Å². The van der Waals surface area contributed by atoms with E-state index in [4.69, 9.17) is 28.3 Å². The van der Waals surface area contributed by atoms with E-state index in [9.17, 15) is 8.78 Å². The fourth-order valence-electron chi connectivity index (χ4n) is 0.856. The number of nitrogens with zero attached hydrogens (tertiary/aromatic N) is 1. The van der Waals surface area contributed by atoms with Gasteiger partial charge in [0, 0.05) is 11.8 Å². The second-order valence-corrected chi connectivity index (χ2v) is 3.03. The van der Waals surface area contributed by atoms with Gasteiger partial charge in [0.05, 0.1) is 16.7 Å². The third-order valence-electron chi connectivity index (χ3n) is 1.47. The van der Waals surface area contributed by atoms with Crippen LogP contribution >= 0.6 is 23.2 Å². The molecule has 0 aliphatic heterocycles. The molecule has 0 aliphatic rings. The summed E-state index contributed by atoms with van der Waals surface area (Å²) in [4.78, 5) is 3.38. The van der Waals surface area contributed by atoms with Crippen molar-refractivity contribution in [2.45, 2.75) is 13.0 Å². The molecule has 0 atom stereocenters. The molecule has 0 aromatic carbocycles. The van der Waals surface area contributed by atoms with E-state index in [0.29, 0.717) is 0 Å². The van der Waals surface area contributed by atoms with Gasteiger partial charge in [-0.2, -0.15) is 0 Å². The monoisotopic (exact) mass is 227 g/mol. The SMILES string of the molecule is OCc1c(C(F)F)ncc(Cl)c1Cl. The summed E-state index contributed by atoms with van der Waals surface area (Å²) in [5.41, 5.74) is -0.652. The third-order valence-corrected chi connectivity index (χ3v) is 2.28. The van der Waals surface area contributed by atoms with Crippen molar-refractivity contribution in [3.63, 3.8) is 0 Å². The molecular formula is C7H5Cl2F2NO. The Morgan fingerprint density at radius 1 is 1.46 bits per heavy atom. The van der Waals surface area contributed by atoms with Crippen molar-refractivity contribution in [3.8, 4) is 0 Å². The van der Waals surface area contributed by atoms with Gasteiger partial charge in [-0.15, -0.1) is 0 Å². The zero-order valence-corrected chi connectivity index (χ0v) is 7.78. The van der Waals surface area contributed by atoms with Gasteiger partial charge in [0.1, 0.15) is 5.69 Å². The van der Waals surface area contributed by atoms with Crippen molar-refractivity contribution in [3.05, 3.63) is 27.5 Å². The molecule has 0 bridgehead atoms. The molecule has 1 aromatic rings. The molecule has 0 saturated carbocycles. The number of hydrogen-bond acceptors (Lipinski definition) is 2. The largest absolute Gasteiger partial charge is 0.392 e. The first-order valence-electron chi connectivity index (χ1n) is 3.29. The van der Waals surface area contributed by atoms with E-state index in [1.807, 2.05) is 0 Å². The molecule has 6 heteroatoms. The molecule has 0 radical (unpaired) electrons. The van der Waals surface area contributed by atoms with Gasteiger partial charge in [0.25, 0.3) is 6.43 Å². The van der Waals surface area contributed by atoms with E-state index in [0.717, 1.165) is 6.20 Å². The fraction of sp³-hybridized carbons (Fsp3) is 0.286. The number of aliphatic hydroxyl groups is 1. The number of rotatable bonds is 2. The summed E-state index contributed by atoms with van der Waals surface area (Å²) in [5, 5.41) is 8.73. The fourth-order valence-corrected chi connectivity index (χ4v) is 1.22. The van der Waals surface area contributed by atoms with Crippen LogP contribution in [0, 0.1) is 0 Å². The molecule has 1 rings (SSSR count). The second-order valence-electron chi connectivity index (χ2n) is 2.24. The molecule has 1 N–H and O–H groups in total. The predicted molar refractivity (Wildman–Crippen MR) is 45.1 cm³/mol. The average molecular weight is 228 g/mol. The molecule has 2 nitrogen and oxygen atoms in total. The minimum atomic E-state index is -2.77. The van der Waals surface area contributed by atoms with Crippen LogP contribution in [0.4, 0.5) is 8.78 Å². The van der Waals surface area contributed by atoms with Crippen LogP contribution < -0.4 is 0 Å². The van der Waals surface area contributed by atoms with Crippen molar-refractivity contribution in [2.75, 3.05) is 0 Å². The molecule has 0 fully saturated rings. The van der Waals surface area contributed by atoms with Crippen LogP contribution in [-0.2, 0) is 6.61 Å². The van der Waals surface area contributed by atoms with Crippen molar-refractivity contribution in [1.29, 1.82) is 0 Å². The van der Waals surface area contributed by atoms with E-state index in [2.05, 4.69) is 4.98 Å². The molecule has 13 heavy (non-hydrogen) atoms. The van der Waals surface area contributed by atoms with Crippen LogP contribution in [0.5, 0.6) is 0 Å². The minimum absolute atomic E-state index is 0.0510. The van der Waals surface area contributed by atoms with Crippen LogP contribution in [-0.4, -0.2) is 10.1 Å². The summed E-state index contributed by atoms with van der Waals surface area (Å²) in [6, 6.07) is 0. The van der Waals surface area contributed by atoms with E-state index >= 15 is 0 Å². The summed E-state index contributed by atoms with van der Waals surface area (Å²) < 4.78 is 24.5. The highest BCUT2D eigenvalue weighted by atomic mass is 35.5. The van der Waals surface area contributed by atoms with Gasteiger partial charge in [0.2, 0.25) is 0 Å². The maximum Gasteiger partial charge on any atom is 0.280 e. The van der Waals surface area contributed by atoms with Gasteiger partial charge in [-0.1, -0.05) is 23.2 Å². The highest BCUT2D eigenvalue weighted by Crippen LogP contribution is 2.31. The highest BCUT2D eigenvalue weighted by molar-refractivity contribution is 6.42. The highest BCUT2D eigenvalue weighted by Gasteiger charge is 2.18. The van der Waals surface area contributed by atoms with Crippen molar-refractivity contribution >= 4 is 23.2 Å². The van der Waals surface area contributed by atoms with E-state index in [1.54, 1.807) is 0 Å². The number of alkyl halides is 2. The van der Waals surface area contributed by atoms with E-state index in [-0.39, 0.29) is 15.6 Å². The molecule has 0 unspecified atom stereocenters. The predicted octanol–water partition coefficient (Wildman–Crippen LogP) is 2.82. The van der Waals surface area contributed by atoms with Crippen molar-refractivity contribution < 1.29 is 13.9 Å². The lowest BCUT2D eigenvalue weighted by Crippen LogP contribution is -1.99. The van der Waals surface area contributed by atoms with Gasteiger partial charge in [-0.3, -0.25) is 4.98 Å². The zero-order chi connectivity index (χ0) is 10.0. The lowest BCUT2D eigenvalue weighted by Gasteiger charge is -2.07. The Morgan fingerprint density at radius 2 is 2.08 bits per heavy atom. The lowest BCUT2D eigenvalue weighted by molar-refractivity contribution is 0.141. The number of hydrogen-bond donors (Lipinski definition) is 1. The van der Waals surface area contributed by atoms with Crippen LogP contribution in [0.1, 0.15) is 17.7 Å². The summed E-state index contributed by atoms with van der Waals surface area (Å²) in [6.45, 7) is -0.605. The zero-order valence-electron chi connectivity index (χ0n) is 6.27. The Morgan fingerprint density at radius 3 is 2.54 bits per heavy atom. The number of aliphatic hydroxyl groups excluding tert-OH is 1. The average Bonchev–Trinajstić information content (AvgIpc) is 2.09. The normalized spacial score (nSPS) is 10.9. The van der Waals surface area contributed by atoms with Gasteiger partial charge in [0.15, 0.2) is 0 Å². The van der Waals surface area contributed by atoms with Gasteiger partial charge >= 0.3 is 0 Å². The number of aromatic nitrogens is 1. The Bertz CT molecular complexity index is 320. The first-order chi connectivity index (χ1) is 6.07. The van der Waals surface area contributed by atoms with Gasteiger partial charge in [-0.25, -0.2) is 8.78 Å². The Kier molecular flexibility index (Phi) is 3.41. The number of halogens is 4. The van der Waals surface area contributed by atoms with Crippen LogP contribution in [0.2, 0.25) is 10.0 Å². The van der Waals surface area contributed by atoms with Crippen LogP contribution in [0.3, 0.4) is 0 Å². The standard InChI is InChI=1S/C7H5Cl2F2NO/c8-4-1-12-6(7(10)11)3(2-13)5(4)9/h1,7,13H,2H2. The molecule has 0 amide bonds. The van der Waals surface area contributed by atoms with E-state index in [1.165, 1.54) is 0 Å². The minimum Gasteiger partial charge on any atom is -0.392 e. The van der Waals surface area contributed by atoms with Crippen molar-refractivity contribution in [2.24, 2.45) is 0 Å². The first-order valence-corrected chi connectivity index (χ1v) is 4.05. The molecule has 0 saturated heterocycles. The van der Waals surface area contributed by atoms with Crippen molar-refractivity contribution in [1.82, 2.24) is 4.98 Å². The van der Waals surface area contributed by atoms with E-state index < -0.39 is 18.7 Å². The molecular weight excluding hydrogens is 223 g/mol. The first kappa shape index (κ1) is 10.6. The molecule has 1 aromatic heterocycles. The smallest absolute Gasteiger partial charge is 0.280 e. The topological polar surface area (TPSA) is 33.1 Å². The summed E-state index contributed by atoms with van der Waals surface area (Å²) in [7, 11) is 0. The van der Waals surface area contributed by atoms with Crippen LogP contribution in [0.15, 0.2) is 6.20 Å². The maximum atomic E-state index is 12.3. The van der Waals surface area contributed by atoms with Gasteiger partial charge < -0.3 is 5.11 Å². The summed E-state index contributed by atoms with van der Waals surface area (Å²) in [5.74, 6) is 0. The molecule has 1 heterocycles. The molecule has 0 aliphatic carbocycles. The quantitative estimate of drug-likeness (QED) is 0.844.